The third kappa shape index (κ3) is 3.99. The number of aromatic nitrogens is 2. The van der Waals surface area contributed by atoms with Gasteiger partial charge in [-0.3, -0.25) is 9.20 Å². The first-order valence-corrected chi connectivity index (χ1v) is 9.19. The number of halogens is 1. The number of carbonyl (C=O) groups excluding carboxylic acids is 1. The number of benzene rings is 1. The van der Waals surface area contributed by atoms with Crippen LogP contribution in [0.4, 0.5) is 4.39 Å². The van der Waals surface area contributed by atoms with Gasteiger partial charge in [0.25, 0.3) is 5.91 Å². The molecule has 2 aromatic heterocycles. The summed E-state index contributed by atoms with van der Waals surface area (Å²) < 4.78 is 20.4. The molecule has 0 saturated carbocycles. The van der Waals surface area contributed by atoms with E-state index in [1.165, 1.54) is 16.7 Å². The fraction of sp³-hybridized carbons (Fsp3) is 0.333. The standard InChI is InChI=1S/C21H25FN4O2/c1-5-17-20(26-13-15(22)8-11-19(26)24-17)21(27)23-12-18(25(2)3)14-6-9-16(28-4)10-7-14/h6-11,13,18H,5,12H2,1-4H3,(H,23,27). The first-order chi connectivity index (χ1) is 13.4. The predicted octanol–water partition coefficient (Wildman–Crippen LogP) is 3.08. The van der Waals surface area contributed by atoms with Crippen molar-refractivity contribution < 1.29 is 13.9 Å². The van der Waals surface area contributed by atoms with Crippen molar-refractivity contribution in [2.45, 2.75) is 19.4 Å². The molecule has 1 atom stereocenters. The van der Waals surface area contributed by atoms with E-state index in [-0.39, 0.29) is 11.9 Å². The topological polar surface area (TPSA) is 58.9 Å². The molecule has 2 heterocycles. The highest BCUT2D eigenvalue weighted by atomic mass is 19.1. The summed E-state index contributed by atoms with van der Waals surface area (Å²) in [6, 6.07) is 10.7. The van der Waals surface area contributed by atoms with E-state index in [1.807, 2.05) is 50.2 Å². The average Bonchev–Trinajstić information content (AvgIpc) is 3.06. The highest BCUT2D eigenvalue weighted by molar-refractivity contribution is 5.94. The van der Waals surface area contributed by atoms with Crippen LogP contribution in [-0.2, 0) is 6.42 Å². The van der Waals surface area contributed by atoms with Crippen LogP contribution in [0.1, 0.15) is 34.7 Å². The molecule has 7 heteroatoms. The summed E-state index contributed by atoms with van der Waals surface area (Å²) in [7, 11) is 5.55. The number of hydrogen-bond donors (Lipinski definition) is 1. The van der Waals surface area contributed by atoms with Crippen molar-refractivity contribution in [1.82, 2.24) is 19.6 Å². The maximum absolute atomic E-state index is 13.7. The molecule has 0 spiro atoms. The first kappa shape index (κ1) is 19.8. The second-order valence-electron chi connectivity index (χ2n) is 6.80. The van der Waals surface area contributed by atoms with Gasteiger partial charge in [-0.05, 0) is 50.3 Å². The molecule has 148 valence electrons. The molecule has 3 aromatic rings. The lowest BCUT2D eigenvalue weighted by Crippen LogP contribution is -2.35. The summed E-state index contributed by atoms with van der Waals surface area (Å²) >= 11 is 0. The Morgan fingerprint density at radius 2 is 1.96 bits per heavy atom. The molecule has 0 bridgehead atoms. The number of methoxy groups -OCH3 is 1. The van der Waals surface area contributed by atoms with Gasteiger partial charge in [-0.15, -0.1) is 0 Å². The van der Waals surface area contributed by atoms with Gasteiger partial charge in [-0.2, -0.15) is 0 Å². The summed E-state index contributed by atoms with van der Waals surface area (Å²) in [6.07, 6.45) is 1.88. The van der Waals surface area contributed by atoms with Crippen molar-refractivity contribution in [3.05, 3.63) is 65.4 Å². The largest absolute Gasteiger partial charge is 0.497 e. The minimum atomic E-state index is -0.411. The molecule has 0 aliphatic heterocycles. The molecule has 1 aromatic carbocycles. The number of ether oxygens (including phenoxy) is 1. The maximum Gasteiger partial charge on any atom is 0.270 e. The van der Waals surface area contributed by atoms with Crippen LogP contribution in [0.5, 0.6) is 5.75 Å². The Morgan fingerprint density at radius 1 is 1.25 bits per heavy atom. The van der Waals surface area contributed by atoms with Crippen molar-refractivity contribution in [3.8, 4) is 5.75 Å². The number of aryl methyl sites for hydroxylation is 1. The zero-order valence-electron chi connectivity index (χ0n) is 16.6. The predicted molar refractivity (Wildman–Crippen MR) is 106 cm³/mol. The molecule has 3 rings (SSSR count). The molecule has 1 amide bonds. The van der Waals surface area contributed by atoms with E-state index in [4.69, 9.17) is 4.74 Å². The number of carbonyl (C=O) groups is 1. The van der Waals surface area contributed by atoms with E-state index < -0.39 is 5.82 Å². The van der Waals surface area contributed by atoms with Gasteiger partial charge >= 0.3 is 0 Å². The number of nitrogens with zero attached hydrogens (tertiary/aromatic N) is 3. The summed E-state index contributed by atoms with van der Waals surface area (Å²) in [5.41, 5.74) is 2.65. The number of pyridine rings is 1. The van der Waals surface area contributed by atoms with Crippen LogP contribution < -0.4 is 10.1 Å². The Bertz CT molecular complexity index is 966. The zero-order valence-corrected chi connectivity index (χ0v) is 16.6. The van der Waals surface area contributed by atoms with Gasteiger partial charge in [0.1, 0.15) is 22.9 Å². The SMILES string of the molecule is CCc1nc2ccc(F)cn2c1C(=O)NCC(c1ccc(OC)cc1)N(C)C. The first-order valence-electron chi connectivity index (χ1n) is 9.19. The molecule has 1 unspecified atom stereocenters. The molecular weight excluding hydrogens is 359 g/mol. The van der Waals surface area contributed by atoms with Crippen LogP contribution in [0.2, 0.25) is 0 Å². The number of rotatable bonds is 7. The van der Waals surface area contributed by atoms with Gasteiger partial charge in [0, 0.05) is 12.7 Å². The van der Waals surface area contributed by atoms with Crippen LogP contribution in [0, 0.1) is 5.82 Å². The molecule has 0 fully saturated rings. The summed E-state index contributed by atoms with van der Waals surface area (Å²) in [5, 5.41) is 2.98. The minimum Gasteiger partial charge on any atom is -0.497 e. The Labute approximate surface area is 163 Å². The molecule has 28 heavy (non-hydrogen) atoms. The van der Waals surface area contributed by atoms with Crippen molar-refractivity contribution >= 4 is 11.6 Å². The Balaban J connectivity index is 1.83. The van der Waals surface area contributed by atoms with Crippen molar-refractivity contribution in [3.63, 3.8) is 0 Å². The van der Waals surface area contributed by atoms with Crippen LogP contribution in [0.15, 0.2) is 42.6 Å². The van der Waals surface area contributed by atoms with E-state index in [0.29, 0.717) is 30.0 Å². The molecule has 6 nitrogen and oxygen atoms in total. The van der Waals surface area contributed by atoms with Crippen molar-refractivity contribution in [2.75, 3.05) is 27.7 Å². The normalized spacial score (nSPS) is 12.4. The van der Waals surface area contributed by atoms with Gasteiger partial charge in [0.2, 0.25) is 0 Å². The molecule has 0 saturated heterocycles. The minimum absolute atomic E-state index is 0.0177. The third-order valence-electron chi connectivity index (χ3n) is 4.78. The second-order valence-corrected chi connectivity index (χ2v) is 6.80. The summed E-state index contributed by atoms with van der Waals surface area (Å²) in [5.74, 6) is 0.104. The van der Waals surface area contributed by atoms with E-state index in [9.17, 15) is 9.18 Å². The number of nitrogens with one attached hydrogen (secondary N) is 1. The van der Waals surface area contributed by atoms with Crippen LogP contribution in [-0.4, -0.2) is 47.9 Å². The summed E-state index contributed by atoms with van der Waals surface area (Å²) in [4.78, 5) is 19.4. The Morgan fingerprint density at radius 3 is 2.57 bits per heavy atom. The van der Waals surface area contributed by atoms with Gasteiger partial charge in [0.05, 0.1) is 18.8 Å². The van der Waals surface area contributed by atoms with E-state index in [0.717, 1.165) is 11.3 Å². The Kier molecular flexibility index (Phi) is 5.94. The van der Waals surface area contributed by atoms with Crippen LogP contribution in [0.25, 0.3) is 5.65 Å². The average molecular weight is 384 g/mol. The number of fused-ring (bicyclic) bond motifs is 1. The lowest BCUT2D eigenvalue weighted by atomic mass is 10.1. The van der Waals surface area contributed by atoms with E-state index in [2.05, 4.69) is 10.3 Å². The second kappa shape index (κ2) is 8.39. The lowest BCUT2D eigenvalue weighted by Gasteiger charge is -2.25. The summed E-state index contributed by atoms with van der Waals surface area (Å²) in [6.45, 7) is 2.33. The molecule has 0 aliphatic carbocycles. The van der Waals surface area contributed by atoms with E-state index >= 15 is 0 Å². The maximum atomic E-state index is 13.7. The van der Waals surface area contributed by atoms with Crippen LogP contribution in [0.3, 0.4) is 0 Å². The molecule has 1 N–H and O–H groups in total. The zero-order chi connectivity index (χ0) is 20.3. The van der Waals surface area contributed by atoms with Crippen molar-refractivity contribution in [1.29, 1.82) is 0 Å². The Hall–Kier alpha value is -2.93. The van der Waals surface area contributed by atoms with Gasteiger partial charge in [-0.1, -0.05) is 19.1 Å². The highest BCUT2D eigenvalue weighted by Gasteiger charge is 2.21. The van der Waals surface area contributed by atoms with Crippen molar-refractivity contribution in [2.24, 2.45) is 0 Å². The molecular formula is C21H25FN4O2. The van der Waals surface area contributed by atoms with Gasteiger partial charge in [0.15, 0.2) is 0 Å². The monoisotopic (exact) mass is 384 g/mol. The van der Waals surface area contributed by atoms with Gasteiger partial charge < -0.3 is 15.0 Å². The molecule has 0 radical (unpaired) electrons. The van der Waals surface area contributed by atoms with Crippen LogP contribution >= 0.6 is 0 Å². The smallest absolute Gasteiger partial charge is 0.270 e. The number of amides is 1. The number of hydrogen-bond acceptors (Lipinski definition) is 4. The molecule has 0 aliphatic rings. The van der Waals surface area contributed by atoms with E-state index in [1.54, 1.807) is 13.2 Å². The third-order valence-corrected chi connectivity index (χ3v) is 4.78. The lowest BCUT2D eigenvalue weighted by molar-refractivity contribution is 0.0935. The fourth-order valence-corrected chi connectivity index (χ4v) is 3.25. The fourth-order valence-electron chi connectivity index (χ4n) is 3.25. The quantitative estimate of drug-likeness (QED) is 0.680. The number of likely N-dealkylation sites (N-methyl/N-ethyl adjacent to an activating group) is 1. The van der Waals surface area contributed by atoms with Gasteiger partial charge in [-0.25, -0.2) is 9.37 Å². The number of imidazole rings is 1. The highest BCUT2D eigenvalue weighted by Crippen LogP contribution is 2.21.